The molecule has 1 rings (SSSR count). The molecule has 0 fully saturated rings. The highest BCUT2D eigenvalue weighted by atomic mass is 14.0. The Bertz CT molecular complexity index is 271. The maximum absolute atomic E-state index is 3.77. The molecule has 0 aliphatic carbocycles. The molecule has 0 amide bonds. The molecule has 0 aliphatic rings. The van der Waals surface area contributed by atoms with E-state index in [1.165, 1.54) is 29.5 Å². The largest absolute Gasteiger partial charge is 0.0985 e. The van der Waals surface area contributed by atoms with Gasteiger partial charge in [0.1, 0.15) is 0 Å². The van der Waals surface area contributed by atoms with Gasteiger partial charge in [-0.15, -0.1) is 0 Å². The molecule has 64 valence electrons. The zero-order chi connectivity index (χ0) is 8.97. The van der Waals surface area contributed by atoms with Crippen LogP contribution >= 0.6 is 0 Å². The van der Waals surface area contributed by atoms with Crippen LogP contribution in [0.4, 0.5) is 0 Å². The van der Waals surface area contributed by atoms with Crippen LogP contribution in [-0.4, -0.2) is 0 Å². The standard InChI is InChI=1S/C12H16/c1-4-6-12-8-10(3)7-11(5-2)9-12/h5,7-9H,2,4,6H2,1,3H3. The van der Waals surface area contributed by atoms with E-state index in [-0.39, 0.29) is 0 Å². The van der Waals surface area contributed by atoms with Crippen LogP contribution in [0.1, 0.15) is 30.0 Å². The van der Waals surface area contributed by atoms with E-state index in [0.29, 0.717) is 0 Å². The second kappa shape index (κ2) is 4.10. The van der Waals surface area contributed by atoms with Crippen LogP contribution in [0.25, 0.3) is 6.08 Å². The number of rotatable bonds is 3. The summed E-state index contributed by atoms with van der Waals surface area (Å²) in [4.78, 5) is 0. The van der Waals surface area contributed by atoms with Gasteiger partial charge in [0, 0.05) is 0 Å². The number of hydrogen-bond donors (Lipinski definition) is 0. The predicted molar refractivity (Wildman–Crippen MR) is 55.3 cm³/mol. The molecule has 0 bridgehead atoms. The molecular formula is C12H16. The molecule has 0 heteroatoms. The van der Waals surface area contributed by atoms with Gasteiger partial charge in [-0.2, -0.15) is 0 Å². The van der Waals surface area contributed by atoms with Crippen LogP contribution < -0.4 is 0 Å². The quantitative estimate of drug-likeness (QED) is 0.634. The summed E-state index contributed by atoms with van der Waals surface area (Å²) in [6, 6.07) is 6.62. The van der Waals surface area contributed by atoms with Crippen molar-refractivity contribution in [3.05, 3.63) is 41.5 Å². The van der Waals surface area contributed by atoms with Gasteiger partial charge >= 0.3 is 0 Å². The average Bonchev–Trinajstić information content (AvgIpc) is 2.04. The van der Waals surface area contributed by atoms with Crippen LogP contribution in [0.2, 0.25) is 0 Å². The fourth-order valence-corrected chi connectivity index (χ4v) is 1.45. The maximum Gasteiger partial charge on any atom is -0.0257 e. The summed E-state index contributed by atoms with van der Waals surface area (Å²) in [7, 11) is 0. The summed E-state index contributed by atoms with van der Waals surface area (Å²) in [6.45, 7) is 8.11. The van der Waals surface area contributed by atoms with E-state index in [2.05, 4.69) is 38.6 Å². The van der Waals surface area contributed by atoms with Crippen molar-refractivity contribution < 1.29 is 0 Å². The minimum absolute atomic E-state index is 1.17. The summed E-state index contributed by atoms with van der Waals surface area (Å²) >= 11 is 0. The molecule has 12 heavy (non-hydrogen) atoms. The number of benzene rings is 1. The molecule has 0 aromatic heterocycles. The van der Waals surface area contributed by atoms with Gasteiger partial charge in [0.2, 0.25) is 0 Å². The van der Waals surface area contributed by atoms with Crippen molar-refractivity contribution in [1.82, 2.24) is 0 Å². The third-order valence-corrected chi connectivity index (χ3v) is 1.93. The summed E-state index contributed by atoms with van der Waals surface area (Å²) < 4.78 is 0. The Balaban J connectivity index is 2.97. The smallest absolute Gasteiger partial charge is 0.0257 e. The molecule has 0 nitrogen and oxygen atoms in total. The topological polar surface area (TPSA) is 0 Å². The van der Waals surface area contributed by atoms with Gasteiger partial charge in [0.05, 0.1) is 0 Å². The normalized spacial score (nSPS) is 9.83. The summed E-state index contributed by atoms with van der Waals surface area (Å²) in [5, 5.41) is 0. The van der Waals surface area contributed by atoms with Crippen LogP contribution in [0.5, 0.6) is 0 Å². The first-order valence-electron chi connectivity index (χ1n) is 4.49. The highest BCUT2D eigenvalue weighted by molar-refractivity contribution is 5.49. The number of aryl methyl sites for hydroxylation is 2. The van der Waals surface area contributed by atoms with E-state index in [4.69, 9.17) is 0 Å². The Kier molecular flexibility index (Phi) is 3.09. The SMILES string of the molecule is C=Cc1cc(C)cc(CCC)c1. The molecule has 0 atom stereocenters. The Morgan fingerprint density at radius 2 is 2.08 bits per heavy atom. The Labute approximate surface area is 74.9 Å². The molecule has 0 saturated heterocycles. The third-order valence-electron chi connectivity index (χ3n) is 1.93. The first-order chi connectivity index (χ1) is 5.76. The molecule has 0 unspecified atom stereocenters. The maximum atomic E-state index is 3.77. The highest BCUT2D eigenvalue weighted by Gasteiger charge is 1.94. The molecular weight excluding hydrogens is 144 g/mol. The Morgan fingerprint density at radius 3 is 2.67 bits per heavy atom. The first-order valence-corrected chi connectivity index (χ1v) is 4.49. The fourth-order valence-electron chi connectivity index (χ4n) is 1.45. The summed E-state index contributed by atoms with van der Waals surface area (Å²) in [6.07, 6.45) is 4.29. The van der Waals surface area contributed by atoms with Gasteiger partial charge in [-0.3, -0.25) is 0 Å². The lowest BCUT2D eigenvalue weighted by Gasteiger charge is -2.02. The second-order valence-corrected chi connectivity index (χ2v) is 3.21. The minimum Gasteiger partial charge on any atom is -0.0985 e. The molecule has 1 aromatic carbocycles. The fraction of sp³-hybridized carbons (Fsp3) is 0.333. The van der Waals surface area contributed by atoms with Crippen LogP contribution in [-0.2, 0) is 6.42 Å². The van der Waals surface area contributed by atoms with Crippen molar-refractivity contribution in [1.29, 1.82) is 0 Å². The van der Waals surface area contributed by atoms with Gasteiger partial charge < -0.3 is 0 Å². The summed E-state index contributed by atoms with van der Waals surface area (Å²) in [5.74, 6) is 0. The molecule has 0 spiro atoms. The van der Waals surface area contributed by atoms with E-state index in [1.807, 2.05) is 6.08 Å². The molecule has 0 heterocycles. The van der Waals surface area contributed by atoms with Crippen molar-refractivity contribution in [3.63, 3.8) is 0 Å². The highest BCUT2D eigenvalue weighted by Crippen LogP contribution is 2.12. The molecule has 0 saturated carbocycles. The Morgan fingerprint density at radius 1 is 1.33 bits per heavy atom. The minimum atomic E-state index is 1.17. The monoisotopic (exact) mass is 160 g/mol. The number of hydrogen-bond acceptors (Lipinski definition) is 0. The lowest BCUT2D eigenvalue weighted by molar-refractivity contribution is 0.920. The van der Waals surface area contributed by atoms with Crippen molar-refractivity contribution in [2.75, 3.05) is 0 Å². The zero-order valence-corrected chi connectivity index (χ0v) is 7.93. The molecule has 0 N–H and O–H groups in total. The van der Waals surface area contributed by atoms with Gasteiger partial charge in [-0.25, -0.2) is 0 Å². The van der Waals surface area contributed by atoms with E-state index in [9.17, 15) is 0 Å². The van der Waals surface area contributed by atoms with E-state index in [0.717, 1.165) is 0 Å². The van der Waals surface area contributed by atoms with Crippen LogP contribution in [0, 0.1) is 6.92 Å². The van der Waals surface area contributed by atoms with Gasteiger partial charge in [0.25, 0.3) is 0 Å². The third kappa shape index (κ3) is 2.23. The predicted octanol–water partition coefficient (Wildman–Crippen LogP) is 3.59. The zero-order valence-electron chi connectivity index (χ0n) is 7.93. The lowest BCUT2D eigenvalue weighted by atomic mass is 10.0. The van der Waals surface area contributed by atoms with Crippen molar-refractivity contribution in [2.45, 2.75) is 26.7 Å². The van der Waals surface area contributed by atoms with Crippen molar-refractivity contribution in [3.8, 4) is 0 Å². The average molecular weight is 160 g/mol. The van der Waals surface area contributed by atoms with Crippen LogP contribution in [0.15, 0.2) is 24.8 Å². The molecule has 0 radical (unpaired) electrons. The van der Waals surface area contributed by atoms with Gasteiger partial charge in [-0.1, -0.05) is 49.8 Å². The first kappa shape index (κ1) is 9.05. The molecule has 0 aliphatic heterocycles. The van der Waals surface area contributed by atoms with Gasteiger partial charge in [-0.05, 0) is 24.5 Å². The van der Waals surface area contributed by atoms with E-state index < -0.39 is 0 Å². The van der Waals surface area contributed by atoms with Crippen molar-refractivity contribution in [2.24, 2.45) is 0 Å². The lowest BCUT2D eigenvalue weighted by Crippen LogP contribution is -1.86. The van der Waals surface area contributed by atoms with Crippen molar-refractivity contribution >= 4 is 6.08 Å². The van der Waals surface area contributed by atoms with Crippen LogP contribution in [0.3, 0.4) is 0 Å². The summed E-state index contributed by atoms with van der Waals surface area (Å²) in [5.41, 5.74) is 3.99. The Hall–Kier alpha value is -1.04. The van der Waals surface area contributed by atoms with Gasteiger partial charge in [0.15, 0.2) is 0 Å². The second-order valence-electron chi connectivity index (χ2n) is 3.21. The molecule has 1 aromatic rings. The van der Waals surface area contributed by atoms with E-state index >= 15 is 0 Å². The van der Waals surface area contributed by atoms with E-state index in [1.54, 1.807) is 0 Å².